The van der Waals surface area contributed by atoms with Gasteiger partial charge >= 0.3 is 0 Å². The van der Waals surface area contributed by atoms with Crippen LogP contribution in [0.5, 0.6) is 5.75 Å². The van der Waals surface area contributed by atoms with Gasteiger partial charge in [-0.05, 0) is 49.2 Å². The van der Waals surface area contributed by atoms with Gasteiger partial charge in [0.05, 0.1) is 17.6 Å². The third kappa shape index (κ3) is 4.89. The van der Waals surface area contributed by atoms with Gasteiger partial charge in [-0.2, -0.15) is 0 Å². The zero-order chi connectivity index (χ0) is 20.1. The lowest BCUT2D eigenvalue weighted by molar-refractivity contribution is -0.130. The Morgan fingerprint density at radius 2 is 2.07 bits per heavy atom. The van der Waals surface area contributed by atoms with Crippen LogP contribution >= 0.6 is 11.6 Å². The Balaban J connectivity index is 1.39. The molecule has 1 fully saturated rings. The molecule has 1 aromatic heterocycles. The summed E-state index contributed by atoms with van der Waals surface area (Å²) in [6.07, 6.45) is 2.09. The van der Waals surface area contributed by atoms with Gasteiger partial charge in [0.15, 0.2) is 0 Å². The quantitative estimate of drug-likeness (QED) is 0.612. The van der Waals surface area contributed by atoms with E-state index < -0.39 is 0 Å². The van der Waals surface area contributed by atoms with Crippen LogP contribution in [0.25, 0.3) is 11.0 Å². The van der Waals surface area contributed by atoms with E-state index in [0.717, 1.165) is 35.4 Å². The van der Waals surface area contributed by atoms with Crippen molar-refractivity contribution in [3.8, 4) is 5.75 Å². The van der Waals surface area contributed by atoms with Crippen molar-refractivity contribution in [2.24, 2.45) is 0 Å². The second-order valence-corrected chi connectivity index (χ2v) is 7.45. The molecule has 0 saturated carbocycles. The molecule has 1 aliphatic heterocycles. The number of hydrogen-bond donors (Lipinski definition) is 1. The number of aromatic nitrogens is 2. The minimum absolute atomic E-state index is 0.0313. The van der Waals surface area contributed by atoms with Crippen LogP contribution in [0.4, 0.5) is 0 Å². The third-order valence-corrected chi connectivity index (χ3v) is 5.25. The molecule has 2 heterocycles. The van der Waals surface area contributed by atoms with E-state index in [1.54, 1.807) is 0 Å². The highest BCUT2D eigenvalue weighted by molar-refractivity contribution is 6.30. The molecule has 1 unspecified atom stereocenters. The Labute approximate surface area is 174 Å². The van der Waals surface area contributed by atoms with Gasteiger partial charge < -0.3 is 19.4 Å². The van der Waals surface area contributed by atoms with Gasteiger partial charge in [-0.1, -0.05) is 23.7 Å². The van der Waals surface area contributed by atoms with Crippen molar-refractivity contribution in [3.05, 3.63) is 59.4 Å². The zero-order valence-corrected chi connectivity index (χ0v) is 16.9. The maximum absolute atomic E-state index is 12.2. The molecule has 1 N–H and O–H groups in total. The van der Waals surface area contributed by atoms with Crippen LogP contribution in [0, 0.1) is 0 Å². The number of halogens is 1. The fourth-order valence-corrected chi connectivity index (χ4v) is 3.67. The van der Waals surface area contributed by atoms with Gasteiger partial charge in [-0.15, -0.1) is 0 Å². The van der Waals surface area contributed by atoms with Crippen molar-refractivity contribution < 1.29 is 14.3 Å². The van der Waals surface area contributed by atoms with E-state index in [4.69, 9.17) is 26.1 Å². The summed E-state index contributed by atoms with van der Waals surface area (Å²) in [5.74, 6) is 1.68. The second-order valence-electron chi connectivity index (χ2n) is 7.01. The average Bonchev–Trinajstić information content (AvgIpc) is 3.38. The number of carbonyl (C=O) groups excluding carboxylic acids is 1. The highest BCUT2D eigenvalue weighted by Crippen LogP contribution is 2.18. The first-order valence-corrected chi connectivity index (χ1v) is 10.3. The molecule has 0 bridgehead atoms. The molecule has 3 aromatic rings. The lowest BCUT2D eigenvalue weighted by Crippen LogP contribution is -2.35. The minimum Gasteiger partial charge on any atom is -0.492 e. The second kappa shape index (κ2) is 9.29. The Morgan fingerprint density at radius 3 is 2.86 bits per heavy atom. The highest BCUT2D eigenvalue weighted by atomic mass is 35.5. The maximum atomic E-state index is 12.2. The first-order chi connectivity index (χ1) is 14.2. The minimum atomic E-state index is -0.304. The van der Waals surface area contributed by atoms with Crippen molar-refractivity contribution in [1.29, 1.82) is 0 Å². The molecule has 1 atom stereocenters. The van der Waals surface area contributed by atoms with Crippen molar-refractivity contribution in [2.75, 3.05) is 19.8 Å². The number of nitrogens with zero attached hydrogens (tertiary/aromatic N) is 2. The largest absolute Gasteiger partial charge is 0.492 e. The maximum Gasteiger partial charge on any atom is 0.249 e. The first kappa shape index (κ1) is 19.7. The zero-order valence-electron chi connectivity index (χ0n) is 16.1. The van der Waals surface area contributed by atoms with Crippen LogP contribution in [0.3, 0.4) is 0 Å². The van der Waals surface area contributed by atoms with Gasteiger partial charge in [0.1, 0.15) is 24.3 Å². The molecule has 1 saturated heterocycles. The predicted molar refractivity (Wildman–Crippen MR) is 112 cm³/mol. The van der Waals surface area contributed by atoms with E-state index in [0.29, 0.717) is 37.7 Å². The summed E-state index contributed by atoms with van der Waals surface area (Å²) in [4.78, 5) is 16.9. The van der Waals surface area contributed by atoms with E-state index in [1.807, 2.05) is 42.5 Å². The molecule has 0 radical (unpaired) electrons. The lowest BCUT2D eigenvalue weighted by Gasteiger charge is -2.12. The van der Waals surface area contributed by atoms with E-state index >= 15 is 0 Å². The number of hydrogen-bond acceptors (Lipinski definition) is 4. The smallest absolute Gasteiger partial charge is 0.249 e. The predicted octanol–water partition coefficient (Wildman–Crippen LogP) is 3.61. The number of amides is 1. The highest BCUT2D eigenvalue weighted by Gasteiger charge is 2.23. The monoisotopic (exact) mass is 413 g/mol. The third-order valence-electron chi connectivity index (χ3n) is 5.00. The summed E-state index contributed by atoms with van der Waals surface area (Å²) in [6.45, 7) is 2.37. The molecule has 0 aliphatic carbocycles. The summed E-state index contributed by atoms with van der Waals surface area (Å²) in [6, 6.07) is 15.4. The molecule has 29 heavy (non-hydrogen) atoms. The van der Waals surface area contributed by atoms with Crippen molar-refractivity contribution >= 4 is 28.5 Å². The van der Waals surface area contributed by atoms with Crippen LogP contribution in [0.1, 0.15) is 18.7 Å². The molecule has 1 aliphatic rings. The van der Waals surface area contributed by atoms with E-state index in [2.05, 4.69) is 16.0 Å². The number of fused-ring (bicyclic) bond motifs is 1. The topological polar surface area (TPSA) is 65.4 Å². The molecular weight excluding hydrogens is 390 g/mol. The summed E-state index contributed by atoms with van der Waals surface area (Å²) < 4.78 is 13.4. The molecule has 1 amide bonds. The van der Waals surface area contributed by atoms with Gasteiger partial charge in [0.2, 0.25) is 5.91 Å². The molecule has 0 spiro atoms. The molecule has 2 aromatic carbocycles. The van der Waals surface area contributed by atoms with Crippen LogP contribution in [-0.4, -0.2) is 41.3 Å². The van der Waals surface area contributed by atoms with Crippen LogP contribution in [0.15, 0.2) is 48.5 Å². The number of carbonyl (C=O) groups is 1. The van der Waals surface area contributed by atoms with Crippen molar-refractivity contribution in [3.63, 3.8) is 0 Å². The Bertz CT molecular complexity index is 965. The summed E-state index contributed by atoms with van der Waals surface area (Å²) >= 11 is 5.92. The summed E-state index contributed by atoms with van der Waals surface area (Å²) in [5.41, 5.74) is 2.01. The van der Waals surface area contributed by atoms with E-state index in [-0.39, 0.29) is 12.0 Å². The Morgan fingerprint density at radius 1 is 1.24 bits per heavy atom. The number of ether oxygens (including phenoxy) is 2. The standard InChI is InChI=1S/C22H24ClN3O3/c23-16-7-9-17(10-8-16)28-15-13-26-19-5-2-1-4-18(19)25-21(26)11-12-24-22(27)20-6-3-14-29-20/h1-2,4-5,7-10,20H,3,6,11-15H2,(H,24,27). The fraction of sp³-hybridized carbons (Fsp3) is 0.364. The first-order valence-electron chi connectivity index (χ1n) is 9.92. The lowest BCUT2D eigenvalue weighted by atomic mass is 10.2. The number of para-hydroxylation sites is 2. The SMILES string of the molecule is O=C(NCCc1nc2ccccc2n1CCOc1ccc(Cl)cc1)C1CCCO1. The van der Waals surface area contributed by atoms with Crippen molar-refractivity contribution in [2.45, 2.75) is 31.9 Å². The molecule has 4 rings (SSSR count). The summed E-state index contributed by atoms with van der Waals surface area (Å²) in [7, 11) is 0. The Kier molecular flexibility index (Phi) is 6.32. The van der Waals surface area contributed by atoms with Gasteiger partial charge in [-0.3, -0.25) is 4.79 Å². The number of imidazole rings is 1. The average molecular weight is 414 g/mol. The van der Waals surface area contributed by atoms with Gasteiger partial charge in [0.25, 0.3) is 0 Å². The normalized spacial score (nSPS) is 16.2. The van der Waals surface area contributed by atoms with Crippen molar-refractivity contribution in [1.82, 2.24) is 14.9 Å². The summed E-state index contributed by atoms with van der Waals surface area (Å²) in [5, 5.41) is 3.66. The van der Waals surface area contributed by atoms with Crippen LogP contribution in [0.2, 0.25) is 5.02 Å². The Hall–Kier alpha value is -2.57. The van der Waals surface area contributed by atoms with E-state index in [1.165, 1.54) is 0 Å². The molecule has 152 valence electrons. The molecule has 7 heteroatoms. The molecular formula is C22H24ClN3O3. The van der Waals surface area contributed by atoms with Gasteiger partial charge in [-0.25, -0.2) is 4.98 Å². The van der Waals surface area contributed by atoms with E-state index in [9.17, 15) is 4.79 Å². The van der Waals surface area contributed by atoms with Gasteiger partial charge in [0, 0.05) is 24.6 Å². The van der Waals surface area contributed by atoms with Crippen LogP contribution in [-0.2, 0) is 22.5 Å². The number of benzene rings is 2. The van der Waals surface area contributed by atoms with Crippen LogP contribution < -0.4 is 10.1 Å². The number of rotatable bonds is 8. The fourth-order valence-electron chi connectivity index (χ4n) is 3.55. The number of nitrogens with one attached hydrogen (secondary N) is 1. The molecule has 6 nitrogen and oxygen atoms in total.